The van der Waals surface area contributed by atoms with Gasteiger partial charge in [0.2, 0.25) is 0 Å². The van der Waals surface area contributed by atoms with Gasteiger partial charge >= 0.3 is 0 Å². The molecule has 0 unspecified atom stereocenters. The number of rotatable bonds is 4. The fourth-order valence-corrected chi connectivity index (χ4v) is 1.18. The first-order valence-corrected chi connectivity index (χ1v) is 4.56. The number of halogens is 1. The fraction of sp³-hybridized carbons (Fsp3) is 0.167. The van der Waals surface area contributed by atoms with E-state index in [9.17, 15) is 14.0 Å². The van der Waals surface area contributed by atoms with Crippen molar-refractivity contribution in [2.75, 3.05) is 0 Å². The normalized spacial score (nSPS) is 10.5. The molecule has 0 spiro atoms. The van der Waals surface area contributed by atoms with Crippen LogP contribution in [-0.2, 0) is 4.79 Å². The van der Waals surface area contributed by atoms with Crippen LogP contribution in [0.4, 0.5) is 4.39 Å². The van der Waals surface area contributed by atoms with Crippen LogP contribution in [0.1, 0.15) is 29.3 Å². The van der Waals surface area contributed by atoms with Crippen molar-refractivity contribution in [2.24, 2.45) is 0 Å². The van der Waals surface area contributed by atoms with Crippen LogP contribution < -0.4 is 0 Å². The quantitative estimate of drug-likeness (QED) is 0.560. The third-order valence-corrected chi connectivity index (χ3v) is 1.91. The maximum Gasteiger partial charge on any atom is 0.162 e. The van der Waals surface area contributed by atoms with E-state index in [0.717, 1.165) is 6.29 Å². The first-order valence-electron chi connectivity index (χ1n) is 4.56. The Hall–Kier alpha value is -1.77. The molecule has 0 aliphatic carbocycles. The predicted octanol–water partition coefficient (Wildman–Crippen LogP) is 2.63. The molecule has 0 amide bonds. The highest BCUT2D eigenvalue weighted by atomic mass is 19.1. The van der Waals surface area contributed by atoms with Gasteiger partial charge in [-0.2, -0.15) is 0 Å². The number of benzene rings is 1. The van der Waals surface area contributed by atoms with Gasteiger partial charge in [0.25, 0.3) is 0 Å². The summed E-state index contributed by atoms with van der Waals surface area (Å²) in [6.07, 6.45) is 4.42. The van der Waals surface area contributed by atoms with Gasteiger partial charge in [0.1, 0.15) is 12.1 Å². The average molecular weight is 206 g/mol. The molecule has 15 heavy (non-hydrogen) atoms. The number of Topliss-reactive ketones (excluding diaryl/α,β-unsaturated/α-hetero) is 1. The third kappa shape index (κ3) is 3.13. The summed E-state index contributed by atoms with van der Waals surface area (Å²) in [6.45, 7) is 1.32. The van der Waals surface area contributed by atoms with Crippen molar-refractivity contribution in [3.05, 3.63) is 41.2 Å². The van der Waals surface area contributed by atoms with Crippen LogP contribution in [0.5, 0.6) is 0 Å². The monoisotopic (exact) mass is 206 g/mol. The first kappa shape index (κ1) is 11.3. The Morgan fingerprint density at radius 3 is 2.80 bits per heavy atom. The number of allylic oxidation sites excluding steroid dienone is 1. The van der Waals surface area contributed by atoms with Gasteiger partial charge in [0.15, 0.2) is 5.78 Å². The molecule has 1 aromatic carbocycles. The summed E-state index contributed by atoms with van der Waals surface area (Å²) in [6, 6.07) is 4.28. The van der Waals surface area contributed by atoms with Gasteiger partial charge in [0, 0.05) is 6.42 Å². The fourth-order valence-electron chi connectivity index (χ4n) is 1.18. The molecule has 0 heterocycles. The zero-order valence-corrected chi connectivity index (χ0v) is 8.37. The minimum atomic E-state index is -0.518. The molecule has 0 saturated carbocycles. The predicted molar refractivity (Wildman–Crippen MR) is 56.1 cm³/mol. The van der Waals surface area contributed by atoms with Crippen molar-refractivity contribution < 1.29 is 14.0 Å². The lowest BCUT2D eigenvalue weighted by Gasteiger charge is -1.99. The molecule has 0 radical (unpaired) electrons. The summed E-state index contributed by atoms with van der Waals surface area (Å²) < 4.78 is 13.1. The van der Waals surface area contributed by atoms with Gasteiger partial charge in [-0.25, -0.2) is 4.39 Å². The van der Waals surface area contributed by atoms with E-state index in [1.54, 1.807) is 18.2 Å². The first-order chi connectivity index (χ1) is 7.15. The zero-order chi connectivity index (χ0) is 11.3. The Morgan fingerprint density at radius 1 is 1.47 bits per heavy atom. The zero-order valence-electron chi connectivity index (χ0n) is 8.37. The molecule has 0 aliphatic heterocycles. The Bertz CT molecular complexity index is 408. The van der Waals surface area contributed by atoms with Crippen LogP contribution >= 0.6 is 0 Å². The van der Waals surface area contributed by atoms with Crippen molar-refractivity contribution >= 4 is 18.1 Å². The second kappa shape index (κ2) is 5.20. The maximum absolute atomic E-state index is 13.1. The van der Waals surface area contributed by atoms with E-state index < -0.39 is 5.82 Å². The highest BCUT2D eigenvalue weighted by Crippen LogP contribution is 2.12. The molecule has 0 atom stereocenters. The molecule has 1 aromatic rings. The average Bonchev–Trinajstić information content (AvgIpc) is 2.20. The second-order valence-corrected chi connectivity index (χ2v) is 3.10. The molecular weight excluding hydrogens is 195 g/mol. The molecule has 0 saturated heterocycles. The van der Waals surface area contributed by atoms with Gasteiger partial charge in [-0.3, -0.25) is 4.79 Å². The molecular formula is C12H11FO2. The van der Waals surface area contributed by atoms with E-state index in [1.165, 1.54) is 19.1 Å². The van der Waals surface area contributed by atoms with Crippen LogP contribution in [0.2, 0.25) is 0 Å². The van der Waals surface area contributed by atoms with E-state index in [4.69, 9.17) is 0 Å². The highest BCUT2D eigenvalue weighted by molar-refractivity contribution is 5.94. The molecule has 0 aliphatic rings. The minimum absolute atomic E-state index is 0.0725. The Balaban J connectivity index is 2.97. The molecule has 78 valence electrons. The van der Waals surface area contributed by atoms with Crippen molar-refractivity contribution in [1.29, 1.82) is 0 Å². The number of ketones is 1. The molecule has 0 fully saturated rings. The van der Waals surface area contributed by atoms with Crippen LogP contribution in [0.15, 0.2) is 24.3 Å². The molecule has 0 bridgehead atoms. The molecule has 0 N–H and O–H groups in total. The van der Waals surface area contributed by atoms with E-state index in [-0.39, 0.29) is 11.3 Å². The van der Waals surface area contributed by atoms with Crippen molar-refractivity contribution in [3.8, 4) is 0 Å². The highest BCUT2D eigenvalue weighted by Gasteiger charge is 2.06. The lowest BCUT2D eigenvalue weighted by Crippen LogP contribution is -1.96. The standard InChI is InChI=1S/C12H11FO2/c1-9(15)11-8-10(4-2-3-7-14)5-6-12(11)13/h2,4-8H,3H2,1H3. The summed E-state index contributed by atoms with van der Waals surface area (Å²) in [5.74, 6) is -0.826. The SMILES string of the molecule is CC(=O)c1cc(C=CCC=O)ccc1F. The van der Waals surface area contributed by atoms with Crippen molar-refractivity contribution in [1.82, 2.24) is 0 Å². The summed E-state index contributed by atoms with van der Waals surface area (Å²) >= 11 is 0. The molecule has 0 aromatic heterocycles. The smallest absolute Gasteiger partial charge is 0.162 e. The Kier molecular flexibility index (Phi) is 3.92. The van der Waals surface area contributed by atoms with Crippen molar-refractivity contribution in [2.45, 2.75) is 13.3 Å². The van der Waals surface area contributed by atoms with E-state index >= 15 is 0 Å². The van der Waals surface area contributed by atoms with Gasteiger partial charge in [-0.05, 0) is 24.6 Å². The summed E-state index contributed by atoms with van der Waals surface area (Å²) in [7, 11) is 0. The lowest BCUT2D eigenvalue weighted by molar-refractivity contribution is -0.107. The van der Waals surface area contributed by atoms with E-state index in [0.29, 0.717) is 12.0 Å². The Labute approximate surface area is 87.4 Å². The van der Waals surface area contributed by atoms with Crippen LogP contribution in [0.25, 0.3) is 6.08 Å². The lowest BCUT2D eigenvalue weighted by atomic mass is 10.1. The summed E-state index contributed by atoms with van der Waals surface area (Å²) in [5, 5.41) is 0. The number of carbonyl (C=O) groups excluding carboxylic acids is 2. The van der Waals surface area contributed by atoms with E-state index in [2.05, 4.69) is 0 Å². The topological polar surface area (TPSA) is 34.1 Å². The van der Waals surface area contributed by atoms with Crippen LogP contribution in [-0.4, -0.2) is 12.1 Å². The number of aldehydes is 1. The largest absolute Gasteiger partial charge is 0.303 e. The van der Waals surface area contributed by atoms with Gasteiger partial charge in [0.05, 0.1) is 5.56 Å². The second-order valence-electron chi connectivity index (χ2n) is 3.10. The van der Waals surface area contributed by atoms with Crippen molar-refractivity contribution in [3.63, 3.8) is 0 Å². The molecule has 2 nitrogen and oxygen atoms in total. The van der Waals surface area contributed by atoms with Crippen LogP contribution in [0, 0.1) is 5.82 Å². The number of hydrogen-bond acceptors (Lipinski definition) is 2. The Morgan fingerprint density at radius 2 is 2.20 bits per heavy atom. The number of hydrogen-bond donors (Lipinski definition) is 0. The number of carbonyl (C=O) groups is 2. The van der Waals surface area contributed by atoms with Gasteiger partial charge < -0.3 is 4.79 Å². The molecule has 1 rings (SSSR count). The third-order valence-electron chi connectivity index (χ3n) is 1.91. The van der Waals surface area contributed by atoms with Crippen LogP contribution in [0.3, 0.4) is 0 Å². The summed E-state index contributed by atoms with van der Waals surface area (Å²) in [5.41, 5.74) is 0.784. The maximum atomic E-state index is 13.1. The summed E-state index contributed by atoms with van der Waals surface area (Å²) in [4.78, 5) is 21.1. The molecule has 3 heteroatoms. The minimum Gasteiger partial charge on any atom is -0.303 e. The van der Waals surface area contributed by atoms with E-state index in [1.807, 2.05) is 0 Å². The van der Waals surface area contributed by atoms with Gasteiger partial charge in [-0.1, -0.05) is 18.2 Å². The van der Waals surface area contributed by atoms with Gasteiger partial charge in [-0.15, -0.1) is 0 Å².